The van der Waals surface area contributed by atoms with E-state index in [1.54, 1.807) is 0 Å². The van der Waals surface area contributed by atoms with E-state index in [1.165, 1.54) is 0 Å². The van der Waals surface area contributed by atoms with E-state index in [9.17, 15) is 10.5 Å². The normalized spacial score (nSPS) is 10.3. The zero-order valence-electron chi connectivity index (χ0n) is 18.1. The van der Waals surface area contributed by atoms with Crippen molar-refractivity contribution in [3.8, 4) is 57.2 Å². The van der Waals surface area contributed by atoms with Crippen LogP contribution in [0.1, 0.15) is 11.4 Å². The third-order valence-electron chi connectivity index (χ3n) is 5.45. The van der Waals surface area contributed by atoms with Crippen LogP contribution >= 0.6 is 0 Å². The Balaban J connectivity index is 1.53. The predicted octanol–water partition coefficient (Wildman–Crippen LogP) is 6.28. The van der Waals surface area contributed by atoms with Crippen molar-refractivity contribution in [3.05, 3.63) is 115 Å². The molecule has 0 unspecified atom stereocenters. The smallest absolute Gasteiger partial charge is 0.149 e. The lowest BCUT2D eigenvalue weighted by molar-refractivity contribution is 1.19. The number of hydrogen-bond acceptors (Lipinski definition) is 5. The van der Waals surface area contributed by atoms with Gasteiger partial charge in [0.25, 0.3) is 0 Å². The highest BCUT2D eigenvalue weighted by molar-refractivity contribution is 5.73. The molecule has 0 saturated carbocycles. The molecule has 0 atom stereocenters. The molecular formula is C29H17N5. The van der Waals surface area contributed by atoms with E-state index in [2.05, 4.69) is 22.1 Å². The van der Waals surface area contributed by atoms with Crippen molar-refractivity contribution in [2.75, 3.05) is 0 Å². The summed E-state index contributed by atoms with van der Waals surface area (Å²) in [6.45, 7) is 0. The average Bonchev–Trinajstić information content (AvgIpc) is 2.93. The van der Waals surface area contributed by atoms with E-state index in [-0.39, 0.29) is 0 Å². The van der Waals surface area contributed by atoms with Gasteiger partial charge in [-0.15, -0.1) is 0 Å². The predicted molar refractivity (Wildman–Crippen MR) is 131 cm³/mol. The molecule has 0 bridgehead atoms. The fraction of sp³-hybridized carbons (Fsp3) is 0. The first kappa shape index (κ1) is 20.8. The quantitative estimate of drug-likeness (QED) is 0.331. The number of pyridine rings is 3. The van der Waals surface area contributed by atoms with Crippen LogP contribution in [-0.4, -0.2) is 15.0 Å². The van der Waals surface area contributed by atoms with Crippen molar-refractivity contribution < 1.29 is 0 Å². The van der Waals surface area contributed by atoms with Gasteiger partial charge in [0.05, 0.1) is 22.8 Å². The number of benzene rings is 2. The van der Waals surface area contributed by atoms with E-state index < -0.39 is 0 Å². The SMILES string of the molecule is N#Cc1nc(-c2cccc(-c3ccc(-c4ccccc4)c(C#N)n3)n2)ccc1-c1ccccc1. The molecule has 34 heavy (non-hydrogen) atoms. The first-order valence-corrected chi connectivity index (χ1v) is 10.7. The fourth-order valence-corrected chi connectivity index (χ4v) is 3.80. The second-order valence-electron chi connectivity index (χ2n) is 7.55. The van der Waals surface area contributed by atoms with E-state index in [4.69, 9.17) is 4.98 Å². The van der Waals surface area contributed by atoms with Gasteiger partial charge in [0, 0.05) is 11.1 Å². The zero-order valence-corrected chi connectivity index (χ0v) is 18.1. The monoisotopic (exact) mass is 435 g/mol. The summed E-state index contributed by atoms with van der Waals surface area (Å²) >= 11 is 0. The van der Waals surface area contributed by atoms with Crippen molar-refractivity contribution >= 4 is 0 Å². The Bertz CT molecular complexity index is 1450. The van der Waals surface area contributed by atoms with Crippen LogP contribution in [0.15, 0.2) is 103 Å². The minimum Gasteiger partial charge on any atom is -0.245 e. The van der Waals surface area contributed by atoms with Crippen molar-refractivity contribution in [1.29, 1.82) is 10.5 Å². The number of aromatic nitrogens is 3. The summed E-state index contributed by atoms with van der Waals surface area (Å²) in [5, 5.41) is 19.4. The van der Waals surface area contributed by atoms with Gasteiger partial charge in [0.1, 0.15) is 23.5 Å². The molecule has 0 saturated heterocycles. The molecule has 0 aliphatic carbocycles. The second-order valence-corrected chi connectivity index (χ2v) is 7.55. The van der Waals surface area contributed by atoms with Crippen molar-refractivity contribution in [1.82, 2.24) is 15.0 Å². The lowest BCUT2D eigenvalue weighted by Gasteiger charge is -2.09. The largest absolute Gasteiger partial charge is 0.245 e. The number of rotatable bonds is 4. The van der Waals surface area contributed by atoms with Crippen LogP contribution in [0.2, 0.25) is 0 Å². The fourth-order valence-electron chi connectivity index (χ4n) is 3.80. The highest BCUT2D eigenvalue weighted by atomic mass is 14.8. The lowest BCUT2D eigenvalue weighted by atomic mass is 10.0. The van der Waals surface area contributed by atoms with Gasteiger partial charge < -0.3 is 0 Å². The van der Waals surface area contributed by atoms with Crippen molar-refractivity contribution in [3.63, 3.8) is 0 Å². The highest BCUT2D eigenvalue weighted by Gasteiger charge is 2.13. The average molecular weight is 435 g/mol. The summed E-state index contributed by atoms with van der Waals surface area (Å²) in [6, 6.07) is 36.9. The third-order valence-corrected chi connectivity index (χ3v) is 5.45. The molecular weight excluding hydrogens is 418 g/mol. The minimum atomic E-state index is 0.341. The van der Waals surface area contributed by atoms with E-state index in [0.29, 0.717) is 34.2 Å². The Morgan fingerprint density at radius 3 is 1.24 bits per heavy atom. The first-order valence-electron chi connectivity index (χ1n) is 10.7. The van der Waals surface area contributed by atoms with E-state index in [0.717, 1.165) is 22.3 Å². The van der Waals surface area contributed by atoms with Gasteiger partial charge in [0.15, 0.2) is 0 Å². The number of nitriles is 2. The number of hydrogen-bond donors (Lipinski definition) is 0. The Morgan fingerprint density at radius 2 is 0.824 bits per heavy atom. The van der Waals surface area contributed by atoms with Crippen LogP contribution in [0, 0.1) is 22.7 Å². The Hall–Kier alpha value is -5.13. The first-order chi connectivity index (χ1) is 16.8. The molecule has 0 amide bonds. The molecule has 2 aromatic carbocycles. The molecule has 0 spiro atoms. The topological polar surface area (TPSA) is 86.2 Å². The van der Waals surface area contributed by atoms with E-state index in [1.807, 2.05) is 103 Å². The van der Waals surface area contributed by atoms with Crippen molar-refractivity contribution in [2.45, 2.75) is 0 Å². The van der Waals surface area contributed by atoms with Crippen LogP contribution in [0.4, 0.5) is 0 Å². The van der Waals surface area contributed by atoms with Gasteiger partial charge >= 0.3 is 0 Å². The molecule has 0 aliphatic rings. The molecule has 3 aromatic heterocycles. The van der Waals surface area contributed by atoms with Gasteiger partial charge in [-0.1, -0.05) is 66.7 Å². The Kier molecular flexibility index (Phi) is 5.59. The maximum absolute atomic E-state index is 9.69. The Morgan fingerprint density at radius 1 is 0.412 bits per heavy atom. The summed E-state index contributed by atoms with van der Waals surface area (Å²) < 4.78 is 0. The maximum atomic E-state index is 9.69. The molecule has 0 radical (unpaired) electrons. The van der Waals surface area contributed by atoms with Crippen LogP contribution in [0.25, 0.3) is 45.0 Å². The van der Waals surface area contributed by atoms with Gasteiger partial charge in [-0.3, -0.25) is 0 Å². The summed E-state index contributed by atoms with van der Waals surface area (Å²) in [4.78, 5) is 13.9. The van der Waals surface area contributed by atoms with Gasteiger partial charge in [-0.25, -0.2) is 15.0 Å². The summed E-state index contributed by atoms with van der Waals surface area (Å²) in [6.07, 6.45) is 0. The molecule has 0 fully saturated rings. The molecule has 5 nitrogen and oxygen atoms in total. The van der Waals surface area contributed by atoms with Crippen LogP contribution in [0.5, 0.6) is 0 Å². The van der Waals surface area contributed by atoms with Crippen molar-refractivity contribution in [2.24, 2.45) is 0 Å². The molecule has 0 aliphatic heterocycles. The molecule has 5 rings (SSSR count). The molecule has 0 N–H and O–H groups in total. The molecule has 3 heterocycles. The summed E-state index contributed by atoms with van der Waals surface area (Å²) in [5.41, 5.74) is 6.56. The molecule has 5 heteroatoms. The standard InChI is InChI=1S/C29H17N5/c30-18-28-22(20-8-3-1-4-9-20)14-16-26(33-28)24-12-7-13-25(32-24)27-17-15-23(29(19-31)34-27)21-10-5-2-6-11-21/h1-17H. The summed E-state index contributed by atoms with van der Waals surface area (Å²) in [7, 11) is 0. The molecule has 158 valence electrons. The van der Waals surface area contributed by atoms with E-state index >= 15 is 0 Å². The summed E-state index contributed by atoms with van der Waals surface area (Å²) in [5.74, 6) is 0. The van der Waals surface area contributed by atoms with Gasteiger partial charge in [0.2, 0.25) is 0 Å². The second kappa shape index (κ2) is 9.16. The van der Waals surface area contributed by atoms with Crippen LogP contribution in [-0.2, 0) is 0 Å². The third kappa shape index (κ3) is 4.02. The number of nitrogens with zero attached hydrogens (tertiary/aromatic N) is 5. The minimum absolute atomic E-state index is 0.341. The zero-order chi connectivity index (χ0) is 23.3. The highest BCUT2D eigenvalue weighted by Crippen LogP contribution is 2.28. The van der Waals surface area contributed by atoms with Gasteiger partial charge in [-0.2, -0.15) is 10.5 Å². The lowest BCUT2D eigenvalue weighted by Crippen LogP contribution is -1.97. The Labute approximate surface area is 197 Å². The van der Waals surface area contributed by atoms with Crippen LogP contribution in [0.3, 0.4) is 0 Å². The maximum Gasteiger partial charge on any atom is 0.149 e. The van der Waals surface area contributed by atoms with Gasteiger partial charge in [-0.05, 0) is 47.5 Å². The molecule has 5 aromatic rings. The van der Waals surface area contributed by atoms with Crippen LogP contribution < -0.4 is 0 Å².